The maximum Gasteiger partial charge on any atom is 0.472 e. The van der Waals surface area contributed by atoms with Crippen molar-refractivity contribution >= 4 is 13.7 Å². The molecule has 84 heavy (non-hydrogen) atoms. The van der Waals surface area contributed by atoms with Crippen LogP contribution in [0.5, 0.6) is 0 Å². The molecule has 0 heterocycles. The van der Waals surface area contributed by atoms with Crippen LogP contribution in [-0.2, 0) is 18.4 Å². The van der Waals surface area contributed by atoms with Gasteiger partial charge >= 0.3 is 7.82 Å². The molecule has 3 unspecified atom stereocenters. The van der Waals surface area contributed by atoms with Gasteiger partial charge in [0.05, 0.1) is 39.9 Å². The highest BCUT2D eigenvalue weighted by atomic mass is 31.2. The summed E-state index contributed by atoms with van der Waals surface area (Å²) in [5, 5.41) is 14.0. The van der Waals surface area contributed by atoms with Gasteiger partial charge in [-0.2, -0.15) is 0 Å². The van der Waals surface area contributed by atoms with E-state index in [1.165, 1.54) is 244 Å². The molecule has 0 aromatic rings. The number of nitrogens with zero attached hydrogens (tertiary/aromatic N) is 1. The standard InChI is InChI=1S/C75H139N2O6P/c1-6-8-10-12-14-16-18-20-22-24-26-28-30-31-32-33-34-35-36-37-38-39-40-41-42-43-44-45-47-49-51-53-55-57-59-61-63-65-67-69-75(79)76-73(72-83-84(80,81)82-71-70-77(3,4)5)74(78)68-66-64-62-60-58-56-54-52-50-48-46-29-27-25-23-21-19-17-15-13-11-9-7-2/h8,10,14,16,20,22,26,28,50,52,58,60,66,68,73-74,78H,6-7,9,11-13,15,17-19,21,23-25,27,29-49,51,53-57,59,61-65,67,69-72H2,1-5H3,(H-,76,79,80,81)/p+1/b10-8-,16-14-,22-20-,28-26-,52-50+,60-58+,68-66+. The summed E-state index contributed by atoms with van der Waals surface area (Å²) in [6.45, 7) is 4.71. The fourth-order valence-corrected chi connectivity index (χ4v) is 11.3. The topological polar surface area (TPSA) is 105 Å². The van der Waals surface area contributed by atoms with E-state index < -0.39 is 20.0 Å². The molecule has 0 aromatic carbocycles. The number of unbranched alkanes of at least 4 members (excludes halogenated alkanes) is 41. The normalized spacial score (nSPS) is 14.1. The number of amides is 1. The van der Waals surface area contributed by atoms with E-state index in [2.05, 4.69) is 92.1 Å². The summed E-state index contributed by atoms with van der Waals surface area (Å²) in [4.78, 5) is 23.4. The van der Waals surface area contributed by atoms with E-state index in [1.807, 2.05) is 27.2 Å². The molecule has 0 saturated carbocycles. The lowest BCUT2D eigenvalue weighted by molar-refractivity contribution is -0.870. The zero-order chi connectivity index (χ0) is 61.2. The molecule has 0 saturated heterocycles. The molecule has 0 aliphatic rings. The van der Waals surface area contributed by atoms with Crippen molar-refractivity contribution in [3.8, 4) is 0 Å². The first-order valence-corrected chi connectivity index (χ1v) is 37.5. The Kier molecular flexibility index (Phi) is 63.3. The van der Waals surface area contributed by atoms with Crippen LogP contribution in [0.4, 0.5) is 0 Å². The van der Waals surface area contributed by atoms with Crippen LogP contribution in [0.2, 0.25) is 0 Å². The van der Waals surface area contributed by atoms with E-state index in [0.717, 1.165) is 70.6 Å². The number of hydrogen-bond donors (Lipinski definition) is 3. The molecule has 0 aromatic heterocycles. The predicted octanol–water partition coefficient (Wildman–Crippen LogP) is 23.1. The van der Waals surface area contributed by atoms with Gasteiger partial charge in [0.25, 0.3) is 0 Å². The first-order chi connectivity index (χ1) is 41.0. The Bertz CT molecular complexity index is 1650. The van der Waals surface area contributed by atoms with Crippen LogP contribution >= 0.6 is 7.82 Å². The lowest BCUT2D eigenvalue weighted by Gasteiger charge is -2.25. The van der Waals surface area contributed by atoms with Gasteiger partial charge in [0.1, 0.15) is 13.2 Å². The highest BCUT2D eigenvalue weighted by Gasteiger charge is 2.28. The van der Waals surface area contributed by atoms with Gasteiger partial charge in [-0.05, 0) is 83.5 Å². The molecule has 0 bridgehead atoms. The monoisotopic (exact) mass is 1200 g/mol. The van der Waals surface area contributed by atoms with Crippen molar-refractivity contribution in [2.45, 2.75) is 347 Å². The SMILES string of the molecule is CC/C=C\C/C=C\C/C=C\C/C=C\CCCCCCCCCCCCCCCCCCCCCCCCCCCCC(=O)NC(COP(=O)(O)OCC[N+](C)(C)C)C(O)/C=C/CC/C=C/CC/C=C/CCCCCCCCCCCCCCC. The number of carbonyl (C=O) groups excluding carboxylic acids is 1. The molecule has 0 rings (SSSR count). The number of likely N-dealkylation sites (N-methyl/N-ethyl adjacent to an activating group) is 1. The number of nitrogens with one attached hydrogen (secondary N) is 1. The Morgan fingerprint density at radius 3 is 1.10 bits per heavy atom. The number of phosphoric ester groups is 1. The molecule has 1 amide bonds. The number of aliphatic hydroxyl groups excluding tert-OH is 1. The van der Waals surface area contributed by atoms with Gasteiger partial charge < -0.3 is 19.8 Å². The van der Waals surface area contributed by atoms with Crippen LogP contribution in [0, 0.1) is 0 Å². The second kappa shape index (κ2) is 65.1. The molecular weight excluding hydrogens is 1060 g/mol. The maximum absolute atomic E-state index is 13.0. The maximum atomic E-state index is 13.0. The average Bonchev–Trinajstić information content (AvgIpc) is 3.56. The molecule has 0 aliphatic heterocycles. The molecule has 9 heteroatoms. The van der Waals surface area contributed by atoms with Crippen molar-refractivity contribution in [3.05, 3.63) is 85.1 Å². The smallest absolute Gasteiger partial charge is 0.387 e. The van der Waals surface area contributed by atoms with Crippen molar-refractivity contribution in [1.82, 2.24) is 5.32 Å². The quantitative estimate of drug-likeness (QED) is 0.0243. The third kappa shape index (κ3) is 67.2. The Hall–Kier alpha value is -2.32. The Morgan fingerprint density at radius 1 is 0.417 bits per heavy atom. The molecule has 3 atom stereocenters. The Labute approximate surface area is 522 Å². The highest BCUT2D eigenvalue weighted by molar-refractivity contribution is 7.47. The number of aliphatic hydroxyl groups is 1. The van der Waals surface area contributed by atoms with Crippen molar-refractivity contribution in [3.63, 3.8) is 0 Å². The van der Waals surface area contributed by atoms with Crippen molar-refractivity contribution in [2.24, 2.45) is 0 Å². The summed E-state index contributed by atoms with van der Waals surface area (Å²) in [5.41, 5.74) is 0. The predicted molar refractivity (Wildman–Crippen MR) is 369 cm³/mol. The van der Waals surface area contributed by atoms with Crippen LogP contribution in [0.1, 0.15) is 335 Å². The number of allylic oxidation sites excluding steroid dienone is 13. The highest BCUT2D eigenvalue weighted by Crippen LogP contribution is 2.43. The fourth-order valence-electron chi connectivity index (χ4n) is 10.5. The van der Waals surface area contributed by atoms with Gasteiger partial charge in [0, 0.05) is 6.42 Å². The molecule has 3 N–H and O–H groups in total. The summed E-state index contributed by atoms with van der Waals surface area (Å²) in [5.74, 6) is -0.186. The summed E-state index contributed by atoms with van der Waals surface area (Å²) in [6.07, 6.45) is 93.3. The summed E-state index contributed by atoms with van der Waals surface area (Å²) in [6, 6.07) is -0.872. The molecule has 8 nitrogen and oxygen atoms in total. The van der Waals surface area contributed by atoms with Gasteiger partial charge in [0.2, 0.25) is 5.91 Å². The molecular formula is C75H140N2O6P+. The van der Waals surface area contributed by atoms with E-state index in [0.29, 0.717) is 17.4 Å². The van der Waals surface area contributed by atoms with E-state index in [4.69, 9.17) is 9.05 Å². The summed E-state index contributed by atoms with van der Waals surface area (Å²) < 4.78 is 23.8. The van der Waals surface area contributed by atoms with Crippen molar-refractivity contribution in [1.29, 1.82) is 0 Å². The number of carbonyl (C=O) groups is 1. The third-order valence-corrected chi connectivity index (χ3v) is 17.1. The lowest BCUT2D eigenvalue weighted by atomic mass is 10.0. The minimum Gasteiger partial charge on any atom is -0.387 e. The second-order valence-electron chi connectivity index (χ2n) is 25.6. The lowest BCUT2D eigenvalue weighted by Crippen LogP contribution is -2.45. The van der Waals surface area contributed by atoms with Crippen LogP contribution < -0.4 is 5.32 Å². The van der Waals surface area contributed by atoms with Gasteiger partial charge in [-0.15, -0.1) is 0 Å². The van der Waals surface area contributed by atoms with E-state index >= 15 is 0 Å². The van der Waals surface area contributed by atoms with E-state index in [-0.39, 0.29) is 19.1 Å². The zero-order valence-corrected chi connectivity index (χ0v) is 57.0. The molecule has 0 radical (unpaired) electrons. The molecule has 0 fully saturated rings. The average molecular weight is 1200 g/mol. The minimum atomic E-state index is -4.37. The van der Waals surface area contributed by atoms with Crippen molar-refractivity contribution in [2.75, 3.05) is 40.9 Å². The fraction of sp³-hybridized carbons (Fsp3) is 0.800. The number of hydrogen-bond acceptors (Lipinski definition) is 5. The van der Waals surface area contributed by atoms with Crippen molar-refractivity contribution < 1.29 is 32.9 Å². The number of phosphoric acid groups is 1. The zero-order valence-electron chi connectivity index (χ0n) is 56.1. The molecule has 490 valence electrons. The second-order valence-corrected chi connectivity index (χ2v) is 27.0. The van der Waals surface area contributed by atoms with Gasteiger partial charge in [0.15, 0.2) is 0 Å². The summed E-state index contributed by atoms with van der Waals surface area (Å²) in [7, 11) is 1.55. The Balaban J connectivity index is 4.00. The van der Waals surface area contributed by atoms with E-state index in [1.54, 1.807) is 6.08 Å². The molecule has 0 spiro atoms. The third-order valence-electron chi connectivity index (χ3n) is 16.1. The minimum absolute atomic E-state index is 0.0531. The number of quaternary nitrogens is 1. The largest absolute Gasteiger partial charge is 0.472 e. The number of rotatable bonds is 66. The Morgan fingerprint density at radius 2 is 0.726 bits per heavy atom. The van der Waals surface area contributed by atoms with Crippen LogP contribution in [0.25, 0.3) is 0 Å². The van der Waals surface area contributed by atoms with Gasteiger partial charge in [-0.25, -0.2) is 4.57 Å². The molecule has 0 aliphatic carbocycles. The summed E-state index contributed by atoms with van der Waals surface area (Å²) >= 11 is 0. The van der Waals surface area contributed by atoms with Gasteiger partial charge in [-0.1, -0.05) is 330 Å². The van der Waals surface area contributed by atoms with Crippen LogP contribution in [0.3, 0.4) is 0 Å². The first-order valence-electron chi connectivity index (χ1n) is 36.0. The van der Waals surface area contributed by atoms with E-state index in [9.17, 15) is 19.4 Å². The van der Waals surface area contributed by atoms with Crippen LogP contribution in [0.15, 0.2) is 85.1 Å². The van der Waals surface area contributed by atoms with Gasteiger partial charge in [-0.3, -0.25) is 13.8 Å². The first kappa shape index (κ1) is 81.7. The van der Waals surface area contributed by atoms with Crippen LogP contribution in [-0.4, -0.2) is 73.4 Å².